The van der Waals surface area contributed by atoms with Gasteiger partial charge in [-0.1, -0.05) is 23.7 Å². The summed E-state index contributed by atoms with van der Waals surface area (Å²) in [5.74, 6) is -1.05. The Morgan fingerprint density at radius 1 is 1.05 bits per heavy atom. The van der Waals surface area contributed by atoms with Gasteiger partial charge in [-0.2, -0.15) is 5.26 Å². The van der Waals surface area contributed by atoms with Crippen LogP contribution in [0, 0.1) is 11.3 Å². The van der Waals surface area contributed by atoms with E-state index in [1.165, 1.54) is 55.8 Å². The van der Waals surface area contributed by atoms with Gasteiger partial charge in [-0.15, -0.1) is 13.2 Å². The monoisotopic (exact) mass is 604 g/mol. The van der Waals surface area contributed by atoms with E-state index in [4.69, 9.17) is 21.1 Å². The number of halogens is 4. The van der Waals surface area contributed by atoms with Crippen molar-refractivity contribution in [2.45, 2.75) is 51.6 Å². The molecule has 0 aliphatic carbocycles. The molecular weight excluding hydrogens is 577 g/mol. The Morgan fingerprint density at radius 3 is 2.29 bits per heavy atom. The normalized spacial score (nSPS) is 12.4. The molecule has 2 aromatic carbocycles. The highest BCUT2D eigenvalue weighted by molar-refractivity contribution is 6.31. The van der Waals surface area contributed by atoms with E-state index in [-0.39, 0.29) is 28.9 Å². The van der Waals surface area contributed by atoms with Crippen molar-refractivity contribution in [2.24, 2.45) is 0 Å². The van der Waals surface area contributed by atoms with E-state index in [2.05, 4.69) is 4.74 Å². The van der Waals surface area contributed by atoms with Crippen LogP contribution in [-0.4, -0.2) is 42.0 Å². The Hall–Kier alpha value is -4.14. The van der Waals surface area contributed by atoms with Crippen molar-refractivity contribution in [1.82, 2.24) is 4.57 Å². The number of nitriles is 1. The number of Topliss-reactive ketones (excluding diaryl/α,β-unsaturated/α-hetero) is 1. The average Bonchev–Trinajstić information content (AvgIpc) is 2.90. The zero-order valence-electron chi connectivity index (χ0n) is 23.3. The summed E-state index contributed by atoms with van der Waals surface area (Å²) in [4.78, 5) is 39.0. The number of pyridine rings is 1. The average molecular weight is 605 g/mol. The number of ketones is 1. The van der Waals surface area contributed by atoms with Crippen LogP contribution in [0.5, 0.6) is 5.75 Å². The third-order valence-corrected chi connectivity index (χ3v) is 6.22. The summed E-state index contributed by atoms with van der Waals surface area (Å²) in [5.41, 5.74) is 0.0160. The first-order valence-corrected chi connectivity index (χ1v) is 13.1. The Morgan fingerprint density at radius 2 is 1.71 bits per heavy atom. The highest BCUT2D eigenvalue weighted by Gasteiger charge is 2.31. The maximum atomic E-state index is 13.4. The maximum Gasteiger partial charge on any atom is 0.522 e. The predicted octanol–water partition coefficient (Wildman–Crippen LogP) is 6.28. The van der Waals surface area contributed by atoms with Crippen molar-refractivity contribution in [1.29, 1.82) is 5.26 Å². The molecule has 3 rings (SSSR count). The van der Waals surface area contributed by atoms with Gasteiger partial charge in [0.05, 0.1) is 43.2 Å². The van der Waals surface area contributed by atoms with Crippen LogP contribution in [0.4, 0.5) is 13.2 Å². The topological polar surface area (TPSA) is 108 Å². The molecule has 0 saturated heterocycles. The number of alkyl halides is 3. The zero-order chi connectivity index (χ0) is 31.2. The number of esters is 1. The second kappa shape index (κ2) is 13.2. The summed E-state index contributed by atoms with van der Waals surface area (Å²) < 4.78 is 53.8. The molecule has 3 aromatic rings. The third-order valence-electron chi connectivity index (χ3n) is 5.99. The minimum absolute atomic E-state index is 0.0876. The predicted molar refractivity (Wildman–Crippen MR) is 148 cm³/mol. The molecule has 1 aromatic heterocycles. The van der Waals surface area contributed by atoms with E-state index in [0.29, 0.717) is 16.1 Å². The van der Waals surface area contributed by atoms with Crippen LogP contribution in [-0.2, 0) is 20.7 Å². The highest BCUT2D eigenvalue weighted by atomic mass is 35.5. The molecule has 0 spiro atoms. The van der Waals surface area contributed by atoms with Crippen molar-refractivity contribution < 1.29 is 37.0 Å². The minimum Gasteiger partial charge on any atom is -0.495 e. The highest BCUT2D eigenvalue weighted by Crippen LogP contribution is 2.34. The molecule has 1 unspecified atom stereocenters. The van der Waals surface area contributed by atoms with E-state index in [1.54, 1.807) is 20.8 Å². The molecule has 0 aliphatic heterocycles. The van der Waals surface area contributed by atoms with Gasteiger partial charge < -0.3 is 14.0 Å². The number of hydrogen-bond donors (Lipinski definition) is 0. The second-order valence-electron chi connectivity index (χ2n) is 10.2. The summed E-state index contributed by atoms with van der Waals surface area (Å²) in [6.45, 7) is 4.28. The summed E-state index contributed by atoms with van der Waals surface area (Å²) in [6, 6.07) is 12.2. The second-order valence-corrected chi connectivity index (χ2v) is 10.7. The molecule has 0 N–H and O–H groups in total. The Bertz CT molecular complexity index is 1550. The van der Waals surface area contributed by atoms with Crippen molar-refractivity contribution in [2.75, 3.05) is 13.7 Å². The first-order chi connectivity index (χ1) is 19.6. The molecule has 1 atom stereocenters. The van der Waals surface area contributed by atoms with Crippen molar-refractivity contribution in [3.63, 3.8) is 0 Å². The van der Waals surface area contributed by atoms with Crippen LogP contribution in [0.1, 0.15) is 54.7 Å². The molecule has 12 heteroatoms. The molecule has 42 heavy (non-hydrogen) atoms. The quantitative estimate of drug-likeness (QED) is 0.251. The summed E-state index contributed by atoms with van der Waals surface area (Å²) in [6.07, 6.45) is -4.45. The van der Waals surface area contributed by atoms with Gasteiger partial charge in [-0.05, 0) is 63.1 Å². The van der Waals surface area contributed by atoms with Crippen LogP contribution in [0.15, 0.2) is 59.5 Å². The van der Waals surface area contributed by atoms with Gasteiger partial charge in [0.15, 0.2) is 5.78 Å². The third kappa shape index (κ3) is 8.68. The van der Waals surface area contributed by atoms with Crippen molar-refractivity contribution in [3.05, 3.63) is 86.8 Å². The van der Waals surface area contributed by atoms with E-state index >= 15 is 0 Å². The number of carbonyl (C=O) groups is 2. The molecule has 0 radical (unpaired) electrons. The molecule has 8 nitrogen and oxygen atoms in total. The summed E-state index contributed by atoms with van der Waals surface area (Å²) in [7, 11) is 1.31. The number of aromatic nitrogens is 1. The number of methoxy groups -OCH3 is 1. The summed E-state index contributed by atoms with van der Waals surface area (Å²) >= 11 is 6.10. The van der Waals surface area contributed by atoms with Crippen molar-refractivity contribution in [3.8, 4) is 22.9 Å². The molecule has 0 bridgehead atoms. The fourth-order valence-electron chi connectivity index (χ4n) is 4.14. The van der Waals surface area contributed by atoms with E-state index in [1.807, 2.05) is 6.07 Å². The van der Waals surface area contributed by atoms with Gasteiger partial charge in [0, 0.05) is 28.6 Å². The SMILES string of the molecule is COc1cn(C(CCOC(F)(F)F)C(=O)Cc2ccc(C(=O)OC(C)(C)C)cc2)c(=O)cc1-c1cc(Cl)ccc1C#N. The molecular formula is C30H28ClF3N2O6. The molecule has 222 valence electrons. The first kappa shape index (κ1) is 32.4. The van der Waals surface area contributed by atoms with Gasteiger partial charge in [0.25, 0.3) is 5.56 Å². The van der Waals surface area contributed by atoms with Gasteiger partial charge in [0.1, 0.15) is 11.4 Å². The van der Waals surface area contributed by atoms with Crippen LogP contribution >= 0.6 is 11.6 Å². The molecule has 0 aliphatic rings. The minimum atomic E-state index is -4.93. The van der Waals surface area contributed by atoms with Gasteiger partial charge in [-0.25, -0.2) is 4.79 Å². The molecule has 1 heterocycles. The number of benzene rings is 2. The number of hydrogen-bond acceptors (Lipinski definition) is 7. The zero-order valence-corrected chi connectivity index (χ0v) is 24.0. The van der Waals surface area contributed by atoms with Crippen LogP contribution in [0.3, 0.4) is 0 Å². The lowest BCUT2D eigenvalue weighted by Gasteiger charge is -2.22. The number of nitrogens with zero attached hydrogens (tertiary/aromatic N) is 2. The van der Waals surface area contributed by atoms with Gasteiger partial charge >= 0.3 is 12.3 Å². The fraction of sp³-hybridized carbons (Fsp3) is 0.333. The Kier molecular flexibility index (Phi) is 10.2. The lowest BCUT2D eigenvalue weighted by molar-refractivity contribution is -0.325. The Labute approximate surface area is 245 Å². The smallest absolute Gasteiger partial charge is 0.495 e. The van der Waals surface area contributed by atoms with E-state index < -0.39 is 48.3 Å². The van der Waals surface area contributed by atoms with Crippen LogP contribution < -0.4 is 10.3 Å². The van der Waals surface area contributed by atoms with E-state index in [9.17, 15) is 32.8 Å². The van der Waals surface area contributed by atoms with E-state index in [0.717, 1.165) is 10.6 Å². The molecule has 0 fully saturated rings. The standard InChI is InChI=1S/C30H28ClF3N2O6/c1-29(2,3)42-28(39)19-7-5-18(6-8-19)13-25(37)24(11-12-41-30(32,33)34)36-17-26(40-4)23(15-27(36)38)22-14-21(31)10-9-20(22)16-35/h5-10,14-15,17,24H,11-13H2,1-4H3. The first-order valence-electron chi connectivity index (χ1n) is 12.7. The number of carbonyl (C=O) groups excluding carboxylic acids is 2. The molecule has 0 saturated carbocycles. The van der Waals surface area contributed by atoms with Crippen LogP contribution in [0.2, 0.25) is 5.02 Å². The van der Waals surface area contributed by atoms with Gasteiger partial charge in [-0.3, -0.25) is 14.3 Å². The Balaban J connectivity index is 1.97. The van der Waals surface area contributed by atoms with Crippen LogP contribution in [0.25, 0.3) is 11.1 Å². The largest absolute Gasteiger partial charge is 0.522 e. The van der Waals surface area contributed by atoms with Gasteiger partial charge in [0.2, 0.25) is 0 Å². The number of ether oxygens (including phenoxy) is 3. The number of rotatable bonds is 10. The van der Waals surface area contributed by atoms with Crippen molar-refractivity contribution >= 4 is 23.4 Å². The maximum absolute atomic E-state index is 13.4. The molecule has 0 amide bonds. The lowest BCUT2D eigenvalue weighted by atomic mass is 9.98. The lowest BCUT2D eigenvalue weighted by Crippen LogP contribution is -2.32. The fourth-order valence-corrected chi connectivity index (χ4v) is 4.31. The summed E-state index contributed by atoms with van der Waals surface area (Å²) in [5, 5.41) is 9.82.